The second-order valence-corrected chi connectivity index (χ2v) is 5.58. The molecule has 0 heterocycles. The van der Waals surface area contributed by atoms with Gasteiger partial charge in [-0.2, -0.15) is 0 Å². The largest absolute Gasteiger partial charge is 0.352 e. The van der Waals surface area contributed by atoms with Crippen LogP contribution in [0.25, 0.3) is 0 Å². The molecule has 0 aliphatic carbocycles. The van der Waals surface area contributed by atoms with E-state index in [2.05, 4.69) is 24.5 Å². The van der Waals surface area contributed by atoms with E-state index in [1.807, 2.05) is 6.92 Å². The summed E-state index contributed by atoms with van der Waals surface area (Å²) in [7, 11) is -0.819. The van der Waals surface area contributed by atoms with E-state index in [0.717, 1.165) is 12.8 Å². The molecule has 2 unspecified atom stereocenters. The van der Waals surface area contributed by atoms with Crippen molar-refractivity contribution in [2.45, 2.75) is 45.7 Å². The lowest BCUT2D eigenvalue weighted by molar-refractivity contribution is -0.121. The Balaban J connectivity index is 3.76. The zero-order chi connectivity index (χ0) is 12.6. The third-order valence-electron chi connectivity index (χ3n) is 2.45. The van der Waals surface area contributed by atoms with E-state index in [1.54, 1.807) is 6.26 Å². The maximum Gasteiger partial charge on any atom is 0.234 e. The number of carbonyl (C=O) groups is 1. The Morgan fingerprint density at radius 1 is 1.31 bits per heavy atom. The molecule has 5 heteroatoms. The molecule has 0 bridgehead atoms. The Hall–Kier alpha value is -0.420. The lowest BCUT2D eigenvalue weighted by atomic mass is 10.2. The number of carbonyl (C=O) groups excluding carboxylic acids is 1. The summed E-state index contributed by atoms with van der Waals surface area (Å²) in [5, 5.41) is 6.01. The Morgan fingerprint density at radius 2 is 1.88 bits per heavy atom. The molecule has 1 amide bonds. The van der Waals surface area contributed by atoms with Crippen LogP contribution >= 0.6 is 0 Å². The van der Waals surface area contributed by atoms with Crippen molar-refractivity contribution in [2.75, 3.05) is 18.6 Å². The van der Waals surface area contributed by atoms with Gasteiger partial charge in [0, 0.05) is 34.9 Å². The SMILES string of the molecule is CCC(CC)NC(=O)CNC(C)CS(C)=O. The monoisotopic (exact) mass is 248 g/mol. The number of hydrogen-bond acceptors (Lipinski definition) is 3. The van der Waals surface area contributed by atoms with Crippen LogP contribution in [0.5, 0.6) is 0 Å². The van der Waals surface area contributed by atoms with E-state index in [-0.39, 0.29) is 18.0 Å². The second-order valence-electron chi connectivity index (χ2n) is 4.10. The fourth-order valence-corrected chi connectivity index (χ4v) is 2.27. The molecule has 16 heavy (non-hydrogen) atoms. The van der Waals surface area contributed by atoms with Crippen LogP contribution in [0.15, 0.2) is 0 Å². The molecule has 96 valence electrons. The highest BCUT2D eigenvalue weighted by Crippen LogP contribution is 1.95. The maximum atomic E-state index is 11.5. The highest BCUT2D eigenvalue weighted by atomic mass is 32.2. The van der Waals surface area contributed by atoms with Gasteiger partial charge in [0.05, 0.1) is 6.54 Å². The van der Waals surface area contributed by atoms with Gasteiger partial charge < -0.3 is 10.6 Å². The van der Waals surface area contributed by atoms with Gasteiger partial charge in [-0.05, 0) is 19.8 Å². The summed E-state index contributed by atoms with van der Waals surface area (Å²) in [6.07, 6.45) is 3.58. The van der Waals surface area contributed by atoms with E-state index in [1.165, 1.54) is 0 Å². The molecule has 0 radical (unpaired) electrons. The van der Waals surface area contributed by atoms with E-state index in [9.17, 15) is 9.00 Å². The lowest BCUT2D eigenvalue weighted by Crippen LogP contribution is -2.43. The molecule has 0 aliphatic rings. The summed E-state index contributed by atoms with van der Waals surface area (Å²) in [5.74, 6) is 0.598. The van der Waals surface area contributed by atoms with E-state index in [4.69, 9.17) is 0 Å². The highest BCUT2D eigenvalue weighted by Gasteiger charge is 2.10. The number of amides is 1. The zero-order valence-electron chi connectivity index (χ0n) is 10.7. The van der Waals surface area contributed by atoms with Crippen LogP contribution in [0.2, 0.25) is 0 Å². The van der Waals surface area contributed by atoms with Crippen molar-refractivity contribution in [2.24, 2.45) is 0 Å². The van der Waals surface area contributed by atoms with Crippen molar-refractivity contribution >= 4 is 16.7 Å². The summed E-state index contributed by atoms with van der Waals surface area (Å²) in [4.78, 5) is 11.5. The van der Waals surface area contributed by atoms with Crippen molar-refractivity contribution in [1.82, 2.24) is 10.6 Å². The molecular formula is C11H24N2O2S. The average molecular weight is 248 g/mol. The van der Waals surface area contributed by atoms with E-state index < -0.39 is 10.8 Å². The zero-order valence-corrected chi connectivity index (χ0v) is 11.5. The second kappa shape index (κ2) is 8.70. The van der Waals surface area contributed by atoms with Crippen molar-refractivity contribution in [1.29, 1.82) is 0 Å². The topological polar surface area (TPSA) is 58.2 Å². The molecule has 0 spiro atoms. The molecule has 0 aromatic heterocycles. The third-order valence-corrected chi connectivity index (χ3v) is 3.42. The van der Waals surface area contributed by atoms with Crippen LogP contribution in [-0.2, 0) is 15.6 Å². The molecule has 0 rings (SSSR count). The minimum atomic E-state index is -0.819. The minimum Gasteiger partial charge on any atom is -0.352 e. The summed E-state index contributed by atoms with van der Waals surface area (Å²) in [6.45, 7) is 6.36. The summed E-state index contributed by atoms with van der Waals surface area (Å²) >= 11 is 0. The van der Waals surface area contributed by atoms with Gasteiger partial charge in [-0.1, -0.05) is 13.8 Å². The molecule has 0 fully saturated rings. The van der Waals surface area contributed by atoms with Crippen molar-refractivity contribution < 1.29 is 9.00 Å². The lowest BCUT2D eigenvalue weighted by Gasteiger charge is -2.16. The predicted octanol–water partition coefficient (Wildman–Crippen LogP) is 0.648. The quantitative estimate of drug-likeness (QED) is 0.663. The maximum absolute atomic E-state index is 11.5. The summed E-state index contributed by atoms with van der Waals surface area (Å²) in [6, 6.07) is 0.378. The van der Waals surface area contributed by atoms with Gasteiger partial charge >= 0.3 is 0 Å². The van der Waals surface area contributed by atoms with E-state index >= 15 is 0 Å². The van der Waals surface area contributed by atoms with Gasteiger partial charge in [-0.25, -0.2) is 0 Å². The Morgan fingerprint density at radius 3 is 2.31 bits per heavy atom. The van der Waals surface area contributed by atoms with Crippen LogP contribution in [-0.4, -0.2) is 40.8 Å². The van der Waals surface area contributed by atoms with Crippen LogP contribution in [0.1, 0.15) is 33.6 Å². The number of nitrogens with one attached hydrogen (secondary N) is 2. The first kappa shape index (κ1) is 15.6. The Kier molecular flexibility index (Phi) is 8.47. The van der Waals surface area contributed by atoms with Gasteiger partial charge in [-0.15, -0.1) is 0 Å². The third kappa shape index (κ3) is 7.82. The number of hydrogen-bond donors (Lipinski definition) is 2. The van der Waals surface area contributed by atoms with Crippen LogP contribution in [0, 0.1) is 0 Å². The van der Waals surface area contributed by atoms with Gasteiger partial charge in [0.25, 0.3) is 0 Å². The standard InChI is InChI=1S/C11H24N2O2S/c1-5-10(6-2)13-11(14)7-12-9(3)8-16(4)15/h9-10,12H,5-8H2,1-4H3,(H,13,14). The van der Waals surface area contributed by atoms with Crippen molar-refractivity contribution in [3.05, 3.63) is 0 Å². The first-order valence-corrected chi connectivity index (χ1v) is 7.55. The van der Waals surface area contributed by atoms with Gasteiger partial charge in [0.1, 0.15) is 0 Å². The molecule has 0 aliphatic heterocycles. The van der Waals surface area contributed by atoms with Crippen LogP contribution in [0.3, 0.4) is 0 Å². The Bertz CT molecular complexity index is 230. The van der Waals surface area contributed by atoms with Gasteiger partial charge in [0.15, 0.2) is 0 Å². The molecule has 2 atom stereocenters. The number of rotatable bonds is 8. The normalized spacial score (nSPS) is 14.8. The molecule has 0 aromatic rings. The molecule has 0 saturated heterocycles. The molecule has 2 N–H and O–H groups in total. The average Bonchev–Trinajstić information content (AvgIpc) is 2.22. The first-order valence-electron chi connectivity index (χ1n) is 5.82. The fourth-order valence-electron chi connectivity index (χ4n) is 1.45. The highest BCUT2D eigenvalue weighted by molar-refractivity contribution is 7.84. The van der Waals surface area contributed by atoms with Crippen molar-refractivity contribution in [3.63, 3.8) is 0 Å². The summed E-state index contributed by atoms with van der Waals surface area (Å²) < 4.78 is 10.9. The predicted molar refractivity (Wildman–Crippen MR) is 68.9 cm³/mol. The molecule has 4 nitrogen and oxygen atoms in total. The van der Waals surface area contributed by atoms with Crippen LogP contribution in [0.4, 0.5) is 0 Å². The van der Waals surface area contributed by atoms with Crippen LogP contribution < -0.4 is 10.6 Å². The first-order chi connectivity index (χ1) is 7.49. The van der Waals surface area contributed by atoms with Gasteiger partial charge in [0.2, 0.25) is 5.91 Å². The summed E-state index contributed by atoms with van der Waals surface area (Å²) in [5.41, 5.74) is 0. The van der Waals surface area contributed by atoms with Crippen molar-refractivity contribution in [3.8, 4) is 0 Å². The molecule has 0 saturated carbocycles. The smallest absolute Gasteiger partial charge is 0.234 e. The molecule has 0 aromatic carbocycles. The van der Waals surface area contributed by atoms with E-state index in [0.29, 0.717) is 12.3 Å². The minimum absolute atomic E-state index is 0.0161. The fraction of sp³-hybridized carbons (Fsp3) is 0.909. The van der Waals surface area contributed by atoms with Gasteiger partial charge in [-0.3, -0.25) is 9.00 Å². The Labute approximate surface area is 101 Å². The molecular weight excluding hydrogens is 224 g/mol.